The molecule has 1 aromatic heterocycles. The van der Waals surface area contributed by atoms with Crippen molar-refractivity contribution in [2.24, 2.45) is 5.92 Å². The maximum atomic E-state index is 5.12. The van der Waals surface area contributed by atoms with Crippen LogP contribution in [0.2, 0.25) is 0 Å². The lowest BCUT2D eigenvalue weighted by molar-refractivity contribution is 0.300. The molecular weight excluding hydrogens is 216 g/mol. The summed E-state index contributed by atoms with van der Waals surface area (Å²) in [7, 11) is 0. The third kappa shape index (κ3) is 3.78. The first-order valence-corrected chi connectivity index (χ1v) is 6.50. The van der Waals surface area contributed by atoms with Crippen molar-refractivity contribution < 1.29 is 4.52 Å². The molecule has 1 fully saturated rings. The highest BCUT2D eigenvalue weighted by Crippen LogP contribution is 2.15. The topological polar surface area (TPSA) is 54.2 Å². The zero-order chi connectivity index (χ0) is 12.1. The van der Waals surface area contributed by atoms with Crippen LogP contribution < -0.4 is 5.32 Å². The van der Waals surface area contributed by atoms with Gasteiger partial charge in [0.1, 0.15) is 0 Å². The first kappa shape index (κ1) is 12.5. The van der Waals surface area contributed by atoms with Crippen molar-refractivity contribution in [1.82, 2.24) is 20.4 Å². The normalized spacial score (nSPS) is 21.2. The summed E-state index contributed by atoms with van der Waals surface area (Å²) >= 11 is 0. The van der Waals surface area contributed by atoms with Gasteiger partial charge in [0.05, 0.1) is 0 Å². The summed E-state index contributed by atoms with van der Waals surface area (Å²) < 4.78 is 5.12. The van der Waals surface area contributed by atoms with E-state index in [-0.39, 0.29) is 0 Å². The fourth-order valence-electron chi connectivity index (χ4n) is 2.33. The van der Waals surface area contributed by atoms with Crippen LogP contribution in [-0.2, 0) is 6.42 Å². The predicted octanol–water partition coefficient (Wildman–Crippen LogP) is 0.852. The second kappa shape index (κ2) is 6.12. The number of likely N-dealkylation sites (tertiary alicyclic amines) is 1. The monoisotopic (exact) mass is 238 g/mol. The Hall–Kier alpha value is -0.940. The number of rotatable bonds is 6. The molecule has 5 nitrogen and oxygen atoms in total. The van der Waals surface area contributed by atoms with Gasteiger partial charge in [0.2, 0.25) is 5.89 Å². The summed E-state index contributed by atoms with van der Waals surface area (Å²) in [5, 5.41) is 7.22. The average molecular weight is 238 g/mol. The molecule has 0 bridgehead atoms. The van der Waals surface area contributed by atoms with E-state index in [1.165, 1.54) is 19.5 Å². The van der Waals surface area contributed by atoms with Crippen LogP contribution in [0.1, 0.15) is 25.1 Å². The van der Waals surface area contributed by atoms with Crippen molar-refractivity contribution in [2.45, 2.75) is 26.7 Å². The summed E-state index contributed by atoms with van der Waals surface area (Å²) in [6.07, 6.45) is 2.17. The Balaban J connectivity index is 1.67. The molecule has 1 aliphatic heterocycles. The molecule has 2 rings (SSSR count). The van der Waals surface area contributed by atoms with Crippen LogP contribution in [0.25, 0.3) is 0 Å². The van der Waals surface area contributed by atoms with E-state index in [9.17, 15) is 0 Å². The molecule has 0 saturated carbocycles. The van der Waals surface area contributed by atoms with Crippen LogP contribution in [0.5, 0.6) is 0 Å². The van der Waals surface area contributed by atoms with Gasteiger partial charge in [0, 0.05) is 19.5 Å². The molecule has 0 aliphatic carbocycles. The molecule has 1 aliphatic rings. The summed E-state index contributed by atoms with van der Waals surface area (Å²) in [5.74, 6) is 2.29. The molecule has 0 aromatic carbocycles. The van der Waals surface area contributed by atoms with Crippen LogP contribution in [0.3, 0.4) is 0 Å². The smallest absolute Gasteiger partial charge is 0.227 e. The molecule has 5 heteroatoms. The quantitative estimate of drug-likeness (QED) is 0.796. The van der Waals surface area contributed by atoms with Crippen molar-refractivity contribution >= 4 is 0 Å². The lowest BCUT2D eigenvalue weighted by Crippen LogP contribution is -2.27. The van der Waals surface area contributed by atoms with Crippen molar-refractivity contribution in [3.05, 3.63) is 11.7 Å². The van der Waals surface area contributed by atoms with Gasteiger partial charge in [-0.25, -0.2) is 0 Å². The van der Waals surface area contributed by atoms with Crippen LogP contribution in [-0.4, -0.2) is 47.8 Å². The minimum atomic E-state index is 0.728. The molecule has 0 amide bonds. The van der Waals surface area contributed by atoms with Crippen molar-refractivity contribution in [3.8, 4) is 0 Å². The van der Waals surface area contributed by atoms with Gasteiger partial charge >= 0.3 is 0 Å². The van der Waals surface area contributed by atoms with Crippen LogP contribution in [0.15, 0.2) is 4.52 Å². The van der Waals surface area contributed by atoms with Gasteiger partial charge in [-0.3, -0.25) is 0 Å². The minimum absolute atomic E-state index is 0.728. The van der Waals surface area contributed by atoms with Crippen LogP contribution in [0.4, 0.5) is 0 Å². The second-order valence-corrected chi connectivity index (χ2v) is 4.75. The molecule has 1 N–H and O–H groups in total. The molecule has 1 saturated heterocycles. The van der Waals surface area contributed by atoms with Crippen molar-refractivity contribution in [2.75, 3.05) is 32.7 Å². The van der Waals surface area contributed by atoms with Crippen molar-refractivity contribution in [1.29, 1.82) is 0 Å². The largest absolute Gasteiger partial charge is 0.339 e. The molecule has 1 unspecified atom stereocenters. The lowest BCUT2D eigenvalue weighted by atomic mass is 10.1. The fourth-order valence-corrected chi connectivity index (χ4v) is 2.33. The molecule has 96 valence electrons. The van der Waals surface area contributed by atoms with E-state index in [0.29, 0.717) is 0 Å². The third-order valence-corrected chi connectivity index (χ3v) is 3.26. The van der Waals surface area contributed by atoms with Gasteiger partial charge in [0.15, 0.2) is 5.82 Å². The van der Waals surface area contributed by atoms with E-state index in [1.807, 2.05) is 6.92 Å². The Morgan fingerprint density at radius 2 is 2.41 bits per heavy atom. The van der Waals surface area contributed by atoms with Crippen molar-refractivity contribution in [3.63, 3.8) is 0 Å². The zero-order valence-corrected chi connectivity index (χ0v) is 10.8. The maximum absolute atomic E-state index is 5.12. The van der Waals surface area contributed by atoms with Gasteiger partial charge < -0.3 is 14.7 Å². The summed E-state index contributed by atoms with van der Waals surface area (Å²) in [6.45, 7) is 9.65. The first-order valence-electron chi connectivity index (χ1n) is 6.50. The number of aryl methyl sites for hydroxylation is 1. The molecule has 1 atom stereocenters. The Morgan fingerprint density at radius 1 is 1.53 bits per heavy atom. The van der Waals surface area contributed by atoms with Gasteiger partial charge in [0.25, 0.3) is 0 Å². The Morgan fingerprint density at radius 3 is 3.12 bits per heavy atom. The third-order valence-electron chi connectivity index (χ3n) is 3.26. The highest BCUT2D eigenvalue weighted by molar-refractivity contribution is 4.85. The highest BCUT2D eigenvalue weighted by atomic mass is 16.5. The van der Waals surface area contributed by atoms with E-state index in [2.05, 4.69) is 27.3 Å². The lowest BCUT2D eigenvalue weighted by Gasteiger charge is -2.14. The Bertz CT molecular complexity index is 339. The van der Waals surface area contributed by atoms with Crippen LogP contribution in [0, 0.1) is 12.8 Å². The second-order valence-electron chi connectivity index (χ2n) is 4.75. The van der Waals surface area contributed by atoms with E-state index in [1.54, 1.807) is 0 Å². The molecule has 17 heavy (non-hydrogen) atoms. The van der Waals surface area contributed by atoms with Gasteiger partial charge in [-0.1, -0.05) is 12.1 Å². The number of hydrogen-bond donors (Lipinski definition) is 1. The molecular formula is C12H22N4O. The van der Waals surface area contributed by atoms with E-state index in [4.69, 9.17) is 4.52 Å². The number of nitrogens with zero attached hydrogens (tertiary/aromatic N) is 3. The summed E-state index contributed by atoms with van der Waals surface area (Å²) in [6, 6.07) is 0. The molecule has 0 spiro atoms. The SMILES string of the molecule is CCNCC1CCN(CCc2nc(C)no2)C1. The number of hydrogen-bond acceptors (Lipinski definition) is 5. The van der Waals surface area contributed by atoms with E-state index < -0.39 is 0 Å². The maximum Gasteiger partial charge on any atom is 0.227 e. The number of nitrogens with one attached hydrogen (secondary N) is 1. The molecule has 1 aromatic rings. The minimum Gasteiger partial charge on any atom is -0.339 e. The summed E-state index contributed by atoms with van der Waals surface area (Å²) in [4.78, 5) is 6.71. The first-order chi connectivity index (χ1) is 8.28. The molecule has 2 heterocycles. The predicted molar refractivity (Wildman–Crippen MR) is 65.8 cm³/mol. The standard InChI is InChI=1S/C12H22N4O/c1-3-13-8-11-4-6-16(9-11)7-5-12-14-10(2)15-17-12/h11,13H,3-9H2,1-2H3. The zero-order valence-electron chi connectivity index (χ0n) is 10.8. The Kier molecular flexibility index (Phi) is 4.50. The molecule has 0 radical (unpaired) electrons. The van der Waals surface area contributed by atoms with Gasteiger partial charge in [-0.15, -0.1) is 0 Å². The van der Waals surface area contributed by atoms with E-state index >= 15 is 0 Å². The summed E-state index contributed by atoms with van der Waals surface area (Å²) in [5.41, 5.74) is 0. The van der Waals surface area contributed by atoms with Gasteiger partial charge in [-0.05, 0) is 38.9 Å². The highest BCUT2D eigenvalue weighted by Gasteiger charge is 2.21. The van der Waals surface area contributed by atoms with Crippen LogP contribution >= 0.6 is 0 Å². The van der Waals surface area contributed by atoms with Gasteiger partial charge in [-0.2, -0.15) is 4.98 Å². The van der Waals surface area contributed by atoms with E-state index in [0.717, 1.165) is 43.7 Å². The fraction of sp³-hybridized carbons (Fsp3) is 0.833. The Labute approximate surface area is 103 Å². The average Bonchev–Trinajstić information content (AvgIpc) is 2.93. The number of aromatic nitrogens is 2.